The Balaban J connectivity index is 1.62. The molecule has 0 atom stereocenters. The smallest absolute Gasteiger partial charge is 0.297 e. The van der Waals surface area contributed by atoms with E-state index in [-0.39, 0.29) is 54.8 Å². The quantitative estimate of drug-likeness (QED) is 0.330. The van der Waals surface area contributed by atoms with Gasteiger partial charge in [0, 0.05) is 12.6 Å². The highest BCUT2D eigenvalue weighted by Crippen LogP contribution is 2.63. The number of benzene rings is 2. The van der Waals surface area contributed by atoms with Gasteiger partial charge >= 0.3 is 12.4 Å². The molecule has 0 radical (unpaired) electrons. The normalized spacial score (nSPS) is 19.0. The van der Waals surface area contributed by atoms with Crippen LogP contribution >= 0.6 is 0 Å². The maximum Gasteiger partial charge on any atom is 0.398 e. The van der Waals surface area contributed by atoms with Gasteiger partial charge < -0.3 is 0 Å². The average molecular weight is 484 g/mol. The molecule has 0 aromatic heterocycles. The molecule has 2 fully saturated rings. The van der Waals surface area contributed by atoms with Crippen LogP contribution in [0.5, 0.6) is 0 Å². The lowest BCUT2D eigenvalue weighted by Gasteiger charge is -2.30. The highest BCUT2D eigenvalue weighted by molar-refractivity contribution is 5.50. The predicted molar refractivity (Wildman–Crippen MR) is 121 cm³/mol. The summed E-state index contributed by atoms with van der Waals surface area (Å²) in [7, 11) is 0. The van der Waals surface area contributed by atoms with Gasteiger partial charge in [-0.3, -0.25) is 4.90 Å². The number of halogens is 6. The Morgan fingerprint density at radius 2 is 1.26 bits per heavy atom. The number of hydrogen-bond acceptors (Lipinski definition) is 1. The van der Waals surface area contributed by atoms with Gasteiger partial charge in [0.05, 0.1) is 10.8 Å². The molecule has 2 aromatic rings. The molecule has 0 N–H and O–H groups in total. The van der Waals surface area contributed by atoms with Crippen LogP contribution in [0.1, 0.15) is 68.2 Å². The first kappa shape index (κ1) is 25.1. The van der Waals surface area contributed by atoms with E-state index < -0.39 is 23.2 Å². The summed E-state index contributed by atoms with van der Waals surface area (Å²) in [5.41, 5.74) is -2.47. The summed E-state index contributed by atoms with van der Waals surface area (Å²) < 4.78 is 84.0. The van der Waals surface area contributed by atoms with Crippen molar-refractivity contribution < 1.29 is 26.3 Å². The monoisotopic (exact) mass is 483 g/mol. The van der Waals surface area contributed by atoms with Gasteiger partial charge in [0.1, 0.15) is 0 Å². The van der Waals surface area contributed by atoms with Crippen molar-refractivity contribution in [3.63, 3.8) is 0 Å². The van der Waals surface area contributed by atoms with E-state index in [1.807, 2.05) is 44.2 Å². The predicted octanol–water partition coefficient (Wildman–Crippen LogP) is 7.72. The molecule has 0 amide bonds. The van der Waals surface area contributed by atoms with E-state index in [0.717, 1.165) is 5.56 Å². The zero-order chi connectivity index (χ0) is 24.8. The topological polar surface area (TPSA) is 3.24 Å². The van der Waals surface area contributed by atoms with Gasteiger partial charge in [0.2, 0.25) is 0 Å². The van der Waals surface area contributed by atoms with Crippen LogP contribution in [0.4, 0.5) is 26.3 Å². The standard InChI is InChI=1S/C27H31F6N/c1-19(2)34(18-20-8-4-3-5-9-20)17-7-10-21-22(24(13-14-24)26(28,29)30)11-6-12-23(21)25(15-16-25)27(31,32)33/h3-6,8-9,11-12,19H,7,10,13-18H2,1-2H3. The summed E-state index contributed by atoms with van der Waals surface area (Å²) in [5, 5.41) is 0. The van der Waals surface area contributed by atoms with E-state index >= 15 is 0 Å². The van der Waals surface area contributed by atoms with Gasteiger partial charge in [-0.25, -0.2) is 0 Å². The molecule has 0 spiro atoms. The van der Waals surface area contributed by atoms with Crippen molar-refractivity contribution in [1.82, 2.24) is 4.90 Å². The number of nitrogens with zero attached hydrogens (tertiary/aromatic N) is 1. The Bertz CT molecular complexity index is 936. The number of alkyl halides is 6. The molecule has 2 aliphatic rings. The molecule has 0 heterocycles. The zero-order valence-corrected chi connectivity index (χ0v) is 19.6. The Labute approximate surface area is 197 Å². The first-order chi connectivity index (χ1) is 15.9. The average Bonchev–Trinajstić information content (AvgIpc) is 3.66. The van der Waals surface area contributed by atoms with E-state index in [2.05, 4.69) is 4.90 Å². The van der Waals surface area contributed by atoms with Gasteiger partial charge in [-0.2, -0.15) is 26.3 Å². The summed E-state index contributed by atoms with van der Waals surface area (Å²) >= 11 is 0. The van der Waals surface area contributed by atoms with Crippen molar-refractivity contribution in [2.24, 2.45) is 0 Å². The molecule has 0 bridgehead atoms. The molecular weight excluding hydrogens is 452 g/mol. The van der Waals surface area contributed by atoms with Crippen LogP contribution in [-0.4, -0.2) is 29.8 Å². The van der Waals surface area contributed by atoms with Crippen LogP contribution in [0, 0.1) is 0 Å². The summed E-state index contributed by atoms with van der Waals surface area (Å²) in [5.74, 6) is 0. The zero-order valence-electron chi connectivity index (χ0n) is 19.6. The Morgan fingerprint density at radius 1 is 0.765 bits per heavy atom. The van der Waals surface area contributed by atoms with Crippen LogP contribution in [0.15, 0.2) is 48.5 Å². The van der Waals surface area contributed by atoms with Gasteiger partial charge in [-0.15, -0.1) is 0 Å². The van der Waals surface area contributed by atoms with Gasteiger partial charge in [-0.1, -0.05) is 48.5 Å². The van der Waals surface area contributed by atoms with Crippen LogP contribution in [-0.2, 0) is 23.8 Å². The van der Waals surface area contributed by atoms with Crippen LogP contribution in [0.3, 0.4) is 0 Å². The molecule has 7 heteroatoms. The van der Waals surface area contributed by atoms with E-state index in [4.69, 9.17) is 0 Å². The van der Waals surface area contributed by atoms with Crippen LogP contribution in [0.2, 0.25) is 0 Å². The van der Waals surface area contributed by atoms with Gasteiger partial charge in [0.15, 0.2) is 0 Å². The summed E-state index contributed by atoms with van der Waals surface area (Å²) in [6, 6.07) is 14.3. The maximum absolute atomic E-state index is 14.0. The van der Waals surface area contributed by atoms with Gasteiger partial charge in [-0.05, 0) is 81.2 Å². The fourth-order valence-electron chi connectivity index (χ4n) is 5.21. The summed E-state index contributed by atoms with van der Waals surface area (Å²) in [6.07, 6.45) is -8.46. The molecule has 2 aromatic carbocycles. The molecule has 0 saturated heterocycles. The molecule has 186 valence electrons. The third-order valence-corrected chi connectivity index (χ3v) is 7.62. The third kappa shape index (κ3) is 4.60. The Morgan fingerprint density at radius 3 is 1.68 bits per heavy atom. The highest BCUT2D eigenvalue weighted by atomic mass is 19.4. The van der Waals surface area contributed by atoms with E-state index in [1.165, 1.54) is 18.2 Å². The van der Waals surface area contributed by atoms with Crippen molar-refractivity contribution in [1.29, 1.82) is 0 Å². The largest absolute Gasteiger partial charge is 0.398 e. The lowest BCUT2D eigenvalue weighted by atomic mass is 9.81. The Hall–Kier alpha value is -2.02. The van der Waals surface area contributed by atoms with Crippen LogP contribution < -0.4 is 0 Å². The first-order valence-corrected chi connectivity index (χ1v) is 12.0. The molecule has 0 unspecified atom stereocenters. The van der Waals surface area contributed by atoms with Crippen molar-refractivity contribution in [3.8, 4) is 0 Å². The maximum atomic E-state index is 14.0. The summed E-state index contributed by atoms with van der Waals surface area (Å²) in [6.45, 7) is 5.38. The minimum Gasteiger partial charge on any atom is -0.297 e. The van der Waals surface area contributed by atoms with Crippen molar-refractivity contribution in [2.75, 3.05) is 6.54 Å². The first-order valence-electron chi connectivity index (χ1n) is 12.0. The van der Waals surface area contributed by atoms with E-state index in [1.54, 1.807) is 0 Å². The second kappa shape index (κ2) is 8.89. The second-order valence-corrected chi connectivity index (χ2v) is 10.1. The number of rotatable bonds is 9. The van der Waals surface area contributed by atoms with Crippen LogP contribution in [0.25, 0.3) is 0 Å². The summed E-state index contributed by atoms with van der Waals surface area (Å²) in [4.78, 5) is 2.21. The van der Waals surface area contributed by atoms with E-state index in [9.17, 15) is 26.3 Å². The minimum atomic E-state index is -4.47. The molecular formula is C27H31F6N. The Kier molecular flexibility index (Phi) is 6.56. The lowest BCUT2D eigenvalue weighted by molar-refractivity contribution is -0.161. The van der Waals surface area contributed by atoms with Crippen molar-refractivity contribution in [3.05, 3.63) is 70.8 Å². The molecule has 2 aliphatic carbocycles. The van der Waals surface area contributed by atoms with E-state index in [0.29, 0.717) is 19.5 Å². The molecule has 4 rings (SSSR count). The van der Waals surface area contributed by atoms with Crippen molar-refractivity contribution >= 4 is 0 Å². The molecule has 34 heavy (non-hydrogen) atoms. The minimum absolute atomic E-state index is 0.0574. The second-order valence-electron chi connectivity index (χ2n) is 10.1. The fraction of sp³-hybridized carbons (Fsp3) is 0.556. The fourth-order valence-corrected chi connectivity index (χ4v) is 5.21. The SMILES string of the molecule is CC(C)N(CCCc1c(C2(C(F)(F)F)CC2)cccc1C1(C(F)(F)F)CC1)Cc1ccccc1. The molecule has 1 nitrogen and oxygen atoms in total. The third-order valence-electron chi connectivity index (χ3n) is 7.62. The van der Waals surface area contributed by atoms with Gasteiger partial charge in [0.25, 0.3) is 0 Å². The molecule has 2 saturated carbocycles. The molecule has 0 aliphatic heterocycles. The highest BCUT2D eigenvalue weighted by Gasteiger charge is 2.67. The lowest BCUT2D eigenvalue weighted by Crippen LogP contribution is -2.34. The van der Waals surface area contributed by atoms with Crippen molar-refractivity contribution in [2.45, 2.75) is 88.1 Å². The number of hydrogen-bond donors (Lipinski definition) is 0.